The van der Waals surface area contributed by atoms with E-state index in [1.807, 2.05) is 30.0 Å². The first-order chi connectivity index (χ1) is 6.20. The molecule has 0 spiro atoms. The minimum Gasteiger partial charge on any atom is -0.392 e. The summed E-state index contributed by atoms with van der Waals surface area (Å²) in [5.41, 5.74) is 0. The zero-order chi connectivity index (χ0) is 9.68. The summed E-state index contributed by atoms with van der Waals surface area (Å²) in [6.07, 6.45) is 0.924. The monoisotopic (exact) mass is 216 g/mol. The number of aliphatic hydroxyl groups excluding tert-OH is 1. The first-order valence-corrected chi connectivity index (χ1v) is 6.45. The molecule has 0 saturated heterocycles. The zero-order valence-electron chi connectivity index (χ0n) is 8.06. The lowest BCUT2D eigenvalue weighted by molar-refractivity contribution is 0.196. The topological polar surface area (TPSA) is 20.2 Å². The van der Waals surface area contributed by atoms with Crippen molar-refractivity contribution in [1.29, 1.82) is 0 Å². The molecule has 0 amide bonds. The number of hydrogen-bond acceptors (Lipinski definition) is 3. The normalized spacial score (nSPS) is 15.6. The Bertz CT molecular complexity index is 219. The number of thiophene rings is 1. The van der Waals surface area contributed by atoms with E-state index in [1.165, 1.54) is 4.88 Å². The van der Waals surface area contributed by atoms with Crippen molar-refractivity contribution in [2.45, 2.75) is 31.6 Å². The van der Waals surface area contributed by atoms with Crippen LogP contribution in [0, 0.1) is 0 Å². The highest BCUT2D eigenvalue weighted by atomic mass is 32.2. The summed E-state index contributed by atoms with van der Waals surface area (Å²) in [5.74, 6) is 1.10. The summed E-state index contributed by atoms with van der Waals surface area (Å²) in [6.45, 7) is 3.92. The number of thioether (sulfide) groups is 1. The number of aryl methyl sites for hydroxylation is 1. The SMILES string of the molecule is CC(O)C(C)SCCc1cccs1. The Balaban J connectivity index is 2.14. The second-order valence-corrected chi connectivity index (χ2v) is 5.66. The standard InChI is InChI=1S/C10H16OS2/c1-8(11)9(2)12-7-5-10-4-3-6-13-10/h3-4,6,8-9,11H,5,7H2,1-2H3. The molecule has 0 aliphatic carbocycles. The minimum absolute atomic E-state index is 0.201. The molecule has 3 heteroatoms. The third kappa shape index (κ3) is 4.16. The Labute approximate surface area is 88.2 Å². The summed E-state index contributed by atoms with van der Waals surface area (Å²) in [7, 11) is 0. The fourth-order valence-corrected chi connectivity index (χ4v) is 2.77. The summed E-state index contributed by atoms with van der Waals surface area (Å²) in [6, 6.07) is 4.25. The molecule has 74 valence electrons. The Kier molecular flexibility index (Phi) is 4.84. The van der Waals surface area contributed by atoms with Crippen LogP contribution >= 0.6 is 23.1 Å². The third-order valence-electron chi connectivity index (χ3n) is 1.99. The van der Waals surface area contributed by atoms with Gasteiger partial charge in [-0.05, 0) is 30.5 Å². The molecule has 1 rings (SSSR count). The Morgan fingerprint density at radius 1 is 1.54 bits per heavy atom. The minimum atomic E-state index is -0.201. The smallest absolute Gasteiger partial charge is 0.0627 e. The van der Waals surface area contributed by atoms with Crippen molar-refractivity contribution in [3.8, 4) is 0 Å². The zero-order valence-corrected chi connectivity index (χ0v) is 9.70. The van der Waals surface area contributed by atoms with Gasteiger partial charge in [0, 0.05) is 10.1 Å². The van der Waals surface area contributed by atoms with E-state index in [4.69, 9.17) is 0 Å². The van der Waals surface area contributed by atoms with Gasteiger partial charge in [0.05, 0.1) is 6.10 Å². The maximum absolute atomic E-state index is 9.26. The van der Waals surface area contributed by atoms with Gasteiger partial charge in [-0.3, -0.25) is 0 Å². The van der Waals surface area contributed by atoms with Crippen LogP contribution < -0.4 is 0 Å². The number of rotatable bonds is 5. The molecule has 0 aliphatic heterocycles. The van der Waals surface area contributed by atoms with E-state index in [-0.39, 0.29) is 6.10 Å². The van der Waals surface area contributed by atoms with Gasteiger partial charge in [0.25, 0.3) is 0 Å². The average molecular weight is 216 g/mol. The molecule has 2 unspecified atom stereocenters. The molecule has 0 aliphatic rings. The summed E-state index contributed by atoms with van der Waals surface area (Å²) in [5, 5.41) is 11.7. The molecule has 1 aromatic heterocycles. The predicted molar refractivity (Wildman–Crippen MR) is 61.6 cm³/mol. The van der Waals surface area contributed by atoms with Crippen molar-refractivity contribution in [3.63, 3.8) is 0 Å². The van der Waals surface area contributed by atoms with Crippen LogP contribution in [0.1, 0.15) is 18.7 Å². The molecule has 1 nitrogen and oxygen atoms in total. The van der Waals surface area contributed by atoms with Crippen LogP contribution in [-0.4, -0.2) is 22.2 Å². The van der Waals surface area contributed by atoms with Crippen LogP contribution in [0.15, 0.2) is 17.5 Å². The van der Waals surface area contributed by atoms with Crippen molar-refractivity contribution in [2.75, 3.05) is 5.75 Å². The Morgan fingerprint density at radius 3 is 2.85 bits per heavy atom. The maximum Gasteiger partial charge on any atom is 0.0627 e. The molecule has 1 aromatic rings. The summed E-state index contributed by atoms with van der Waals surface area (Å²) < 4.78 is 0. The number of aliphatic hydroxyl groups is 1. The first kappa shape index (κ1) is 11.1. The molecule has 0 aromatic carbocycles. The van der Waals surface area contributed by atoms with E-state index in [0.29, 0.717) is 5.25 Å². The molecule has 0 bridgehead atoms. The third-order valence-corrected chi connectivity index (χ3v) is 4.28. The van der Waals surface area contributed by atoms with Crippen LogP contribution in [0.4, 0.5) is 0 Å². The quantitative estimate of drug-likeness (QED) is 0.816. The molecular weight excluding hydrogens is 200 g/mol. The molecule has 0 radical (unpaired) electrons. The van der Waals surface area contributed by atoms with Gasteiger partial charge in [-0.2, -0.15) is 11.8 Å². The maximum atomic E-state index is 9.26. The van der Waals surface area contributed by atoms with E-state index in [9.17, 15) is 5.11 Å². The lowest BCUT2D eigenvalue weighted by Gasteiger charge is -2.13. The van der Waals surface area contributed by atoms with Gasteiger partial charge in [0.15, 0.2) is 0 Å². The lowest BCUT2D eigenvalue weighted by Crippen LogP contribution is -2.15. The summed E-state index contributed by atoms with van der Waals surface area (Å²) in [4.78, 5) is 1.44. The van der Waals surface area contributed by atoms with E-state index < -0.39 is 0 Å². The molecule has 1 heterocycles. The highest BCUT2D eigenvalue weighted by Gasteiger charge is 2.08. The average Bonchev–Trinajstić information content (AvgIpc) is 2.56. The first-order valence-electron chi connectivity index (χ1n) is 4.52. The van der Waals surface area contributed by atoms with Crippen molar-refractivity contribution < 1.29 is 5.11 Å². The second-order valence-electron chi connectivity index (χ2n) is 3.15. The number of hydrogen-bond donors (Lipinski definition) is 1. The van der Waals surface area contributed by atoms with Crippen LogP contribution in [-0.2, 0) is 6.42 Å². The van der Waals surface area contributed by atoms with Crippen LogP contribution in [0.2, 0.25) is 0 Å². The van der Waals surface area contributed by atoms with Crippen LogP contribution in [0.3, 0.4) is 0 Å². The van der Waals surface area contributed by atoms with Crippen molar-refractivity contribution in [1.82, 2.24) is 0 Å². The highest BCUT2D eigenvalue weighted by molar-refractivity contribution is 7.99. The van der Waals surface area contributed by atoms with Crippen molar-refractivity contribution in [2.24, 2.45) is 0 Å². The highest BCUT2D eigenvalue weighted by Crippen LogP contribution is 2.17. The van der Waals surface area contributed by atoms with E-state index in [0.717, 1.165) is 12.2 Å². The molecule has 1 N–H and O–H groups in total. The fourth-order valence-electron chi connectivity index (χ4n) is 0.939. The molecule has 13 heavy (non-hydrogen) atoms. The van der Waals surface area contributed by atoms with Crippen molar-refractivity contribution >= 4 is 23.1 Å². The van der Waals surface area contributed by atoms with Gasteiger partial charge in [-0.25, -0.2) is 0 Å². The largest absolute Gasteiger partial charge is 0.392 e. The molecular formula is C10H16OS2. The van der Waals surface area contributed by atoms with Gasteiger partial charge >= 0.3 is 0 Å². The van der Waals surface area contributed by atoms with Gasteiger partial charge < -0.3 is 5.11 Å². The lowest BCUT2D eigenvalue weighted by atomic mass is 10.3. The molecule has 2 atom stereocenters. The van der Waals surface area contributed by atoms with Crippen molar-refractivity contribution in [3.05, 3.63) is 22.4 Å². The van der Waals surface area contributed by atoms with E-state index >= 15 is 0 Å². The van der Waals surface area contributed by atoms with Gasteiger partial charge in [0.1, 0.15) is 0 Å². The molecule has 0 fully saturated rings. The second kappa shape index (κ2) is 5.68. The van der Waals surface area contributed by atoms with Gasteiger partial charge in [0.2, 0.25) is 0 Å². The Hall–Kier alpha value is 0.01000. The van der Waals surface area contributed by atoms with E-state index in [2.05, 4.69) is 24.4 Å². The fraction of sp³-hybridized carbons (Fsp3) is 0.600. The van der Waals surface area contributed by atoms with Crippen LogP contribution in [0.5, 0.6) is 0 Å². The summed E-state index contributed by atoms with van der Waals surface area (Å²) >= 11 is 3.65. The Morgan fingerprint density at radius 2 is 2.31 bits per heavy atom. The predicted octanol–water partition coefficient (Wildman–Crippen LogP) is 2.79. The van der Waals surface area contributed by atoms with Gasteiger partial charge in [-0.1, -0.05) is 13.0 Å². The van der Waals surface area contributed by atoms with Gasteiger partial charge in [-0.15, -0.1) is 11.3 Å². The van der Waals surface area contributed by atoms with E-state index in [1.54, 1.807) is 0 Å². The van der Waals surface area contributed by atoms with Crippen LogP contribution in [0.25, 0.3) is 0 Å². The molecule has 0 saturated carbocycles.